The summed E-state index contributed by atoms with van der Waals surface area (Å²) in [4.78, 5) is 2.27. The maximum atomic E-state index is 5.26. The molecule has 0 saturated heterocycles. The number of methoxy groups -OCH3 is 1. The van der Waals surface area contributed by atoms with Gasteiger partial charge in [0.25, 0.3) is 0 Å². The van der Waals surface area contributed by atoms with Gasteiger partial charge in [-0.25, -0.2) is 0 Å². The van der Waals surface area contributed by atoms with Crippen LogP contribution in [0.1, 0.15) is 20.8 Å². The molecule has 1 atom stereocenters. The van der Waals surface area contributed by atoms with Crippen LogP contribution in [-0.4, -0.2) is 33.8 Å². The van der Waals surface area contributed by atoms with Crippen molar-refractivity contribution in [3.05, 3.63) is 24.3 Å². The molecule has 0 aliphatic rings. The van der Waals surface area contributed by atoms with Crippen LogP contribution in [-0.2, 0) is 0 Å². The van der Waals surface area contributed by atoms with Gasteiger partial charge in [-0.1, -0.05) is 19.9 Å². The molecule has 0 aliphatic heterocycles. The third-order valence-electron chi connectivity index (χ3n) is 3.74. The fourth-order valence-electron chi connectivity index (χ4n) is 2.08. The third kappa shape index (κ3) is 3.64. The second-order valence-corrected chi connectivity index (χ2v) is 5.56. The maximum absolute atomic E-state index is 5.26. The Kier molecular flexibility index (Phi) is 5.03. The molecule has 3 nitrogen and oxygen atoms in total. The van der Waals surface area contributed by atoms with Crippen molar-refractivity contribution in [1.29, 1.82) is 0 Å². The Bertz CT molecular complexity index is 377. The van der Waals surface area contributed by atoms with Crippen molar-refractivity contribution in [2.45, 2.75) is 26.8 Å². The lowest BCUT2D eigenvalue weighted by atomic mass is 9.85. The average molecular weight is 250 g/mol. The Morgan fingerprint density at radius 3 is 2.61 bits per heavy atom. The smallest absolute Gasteiger partial charge is 0.120 e. The first-order chi connectivity index (χ1) is 8.40. The van der Waals surface area contributed by atoms with E-state index < -0.39 is 0 Å². The Labute approximate surface area is 111 Å². The van der Waals surface area contributed by atoms with Gasteiger partial charge >= 0.3 is 0 Å². The van der Waals surface area contributed by atoms with E-state index in [2.05, 4.69) is 50.2 Å². The molecule has 0 aromatic heterocycles. The number of hydrogen-bond acceptors (Lipinski definition) is 3. The van der Waals surface area contributed by atoms with Gasteiger partial charge in [-0.05, 0) is 31.5 Å². The van der Waals surface area contributed by atoms with Crippen LogP contribution in [0.15, 0.2) is 24.3 Å². The van der Waals surface area contributed by atoms with E-state index in [0.717, 1.165) is 12.3 Å². The van der Waals surface area contributed by atoms with Crippen molar-refractivity contribution >= 4 is 5.69 Å². The highest BCUT2D eigenvalue weighted by atomic mass is 16.5. The van der Waals surface area contributed by atoms with Gasteiger partial charge in [0.15, 0.2) is 0 Å². The predicted octanol–water partition coefficient (Wildman–Crippen LogP) is 2.77. The molecule has 102 valence electrons. The van der Waals surface area contributed by atoms with Crippen LogP contribution in [0.4, 0.5) is 5.69 Å². The van der Waals surface area contributed by atoms with E-state index in [1.54, 1.807) is 7.11 Å². The maximum Gasteiger partial charge on any atom is 0.120 e. The Balaban J connectivity index is 2.78. The van der Waals surface area contributed by atoms with Gasteiger partial charge in [-0.15, -0.1) is 0 Å². The first kappa shape index (κ1) is 14.8. The number of anilines is 1. The number of nitrogens with zero attached hydrogens (tertiary/aromatic N) is 1. The highest BCUT2D eigenvalue weighted by molar-refractivity contribution is 5.50. The van der Waals surface area contributed by atoms with Crippen molar-refractivity contribution in [3.8, 4) is 5.75 Å². The summed E-state index contributed by atoms with van der Waals surface area (Å²) in [6.07, 6.45) is 0. The lowest BCUT2D eigenvalue weighted by Crippen LogP contribution is -2.44. The minimum atomic E-state index is 0.201. The average Bonchev–Trinajstić information content (AvgIpc) is 2.37. The Morgan fingerprint density at radius 2 is 2.06 bits per heavy atom. The molecule has 0 heterocycles. The number of ether oxygens (including phenoxy) is 1. The minimum absolute atomic E-state index is 0.201. The molecule has 0 amide bonds. The van der Waals surface area contributed by atoms with Crippen LogP contribution in [0.3, 0.4) is 0 Å². The lowest BCUT2D eigenvalue weighted by molar-refractivity contribution is 0.275. The minimum Gasteiger partial charge on any atom is -0.497 e. The zero-order valence-corrected chi connectivity index (χ0v) is 12.4. The van der Waals surface area contributed by atoms with Gasteiger partial charge in [0.05, 0.1) is 7.11 Å². The van der Waals surface area contributed by atoms with Crippen molar-refractivity contribution in [3.63, 3.8) is 0 Å². The summed E-state index contributed by atoms with van der Waals surface area (Å²) >= 11 is 0. The topological polar surface area (TPSA) is 24.5 Å². The van der Waals surface area contributed by atoms with Gasteiger partial charge in [0.2, 0.25) is 0 Å². The number of nitrogens with one attached hydrogen (secondary N) is 1. The molecule has 18 heavy (non-hydrogen) atoms. The summed E-state index contributed by atoms with van der Waals surface area (Å²) in [5.41, 5.74) is 1.39. The van der Waals surface area contributed by atoms with E-state index in [-0.39, 0.29) is 5.41 Å². The van der Waals surface area contributed by atoms with Crippen LogP contribution in [0, 0.1) is 5.41 Å². The van der Waals surface area contributed by atoms with E-state index >= 15 is 0 Å². The van der Waals surface area contributed by atoms with E-state index in [1.165, 1.54) is 5.69 Å². The SMILES string of the molecule is CNC(C)C(C)(C)CN(C)c1cccc(OC)c1. The van der Waals surface area contributed by atoms with E-state index in [1.807, 2.05) is 19.2 Å². The van der Waals surface area contributed by atoms with Gasteiger partial charge in [0.1, 0.15) is 5.75 Å². The van der Waals surface area contributed by atoms with E-state index in [4.69, 9.17) is 4.74 Å². The second-order valence-electron chi connectivity index (χ2n) is 5.56. The van der Waals surface area contributed by atoms with E-state index in [9.17, 15) is 0 Å². The summed E-state index contributed by atoms with van der Waals surface area (Å²) in [5, 5.41) is 3.33. The molecule has 1 unspecified atom stereocenters. The van der Waals surface area contributed by atoms with Gasteiger partial charge in [-0.3, -0.25) is 0 Å². The van der Waals surface area contributed by atoms with Crippen LogP contribution in [0.5, 0.6) is 5.75 Å². The van der Waals surface area contributed by atoms with Crippen molar-refractivity contribution in [2.24, 2.45) is 5.41 Å². The first-order valence-corrected chi connectivity index (χ1v) is 6.43. The molecule has 1 aromatic carbocycles. The molecule has 0 fully saturated rings. The van der Waals surface area contributed by atoms with Gasteiger partial charge in [0, 0.05) is 31.4 Å². The fraction of sp³-hybridized carbons (Fsp3) is 0.600. The highest BCUT2D eigenvalue weighted by Gasteiger charge is 2.26. The number of hydrogen-bond donors (Lipinski definition) is 1. The summed E-state index contributed by atoms with van der Waals surface area (Å²) < 4.78 is 5.26. The number of benzene rings is 1. The highest BCUT2D eigenvalue weighted by Crippen LogP contribution is 2.26. The Hall–Kier alpha value is -1.22. The molecule has 0 bridgehead atoms. The largest absolute Gasteiger partial charge is 0.497 e. The van der Waals surface area contributed by atoms with Crippen molar-refractivity contribution < 1.29 is 4.74 Å². The monoisotopic (exact) mass is 250 g/mol. The summed E-state index contributed by atoms with van der Waals surface area (Å²) in [5.74, 6) is 0.902. The predicted molar refractivity (Wildman–Crippen MR) is 78.6 cm³/mol. The molecular weight excluding hydrogens is 224 g/mol. The summed E-state index contributed by atoms with van der Waals surface area (Å²) in [7, 11) is 5.84. The summed E-state index contributed by atoms with van der Waals surface area (Å²) in [6, 6.07) is 8.64. The molecule has 0 spiro atoms. The van der Waals surface area contributed by atoms with Crippen molar-refractivity contribution in [2.75, 3.05) is 32.6 Å². The molecule has 0 radical (unpaired) electrons. The van der Waals surface area contributed by atoms with Gasteiger partial charge in [-0.2, -0.15) is 0 Å². The zero-order chi connectivity index (χ0) is 13.8. The molecule has 0 aliphatic carbocycles. The molecule has 3 heteroatoms. The standard InChI is InChI=1S/C15H26N2O/c1-12(16-4)15(2,3)11-17(5)13-8-7-9-14(10-13)18-6/h7-10,12,16H,11H2,1-6H3. The molecular formula is C15H26N2O. The van der Waals surface area contributed by atoms with Crippen LogP contribution < -0.4 is 15.0 Å². The molecule has 0 saturated carbocycles. The van der Waals surface area contributed by atoms with Crippen LogP contribution >= 0.6 is 0 Å². The van der Waals surface area contributed by atoms with E-state index in [0.29, 0.717) is 6.04 Å². The number of rotatable bonds is 6. The van der Waals surface area contributed by atoms with Crippen molar-refractivity contribution in [1.82, 2.24) is 5.32 Å². The first-order valence-electron chi connectivity index (χ1n) is 6.43. The normalized spacial score (nSPS) is 13.2. The second kappa shape index (κ2) is 6.10. The molecule has 1 rings (SSSR count). The quantitative estimate of drug-likeness (QED) is 0.840. The zero-order valence-electron chi connectivity index (χ0n) is 12.4. The molecule has 1 N–H and O–H groups in total. The third-order valence-corrected chi connectivity index (χ3v) is 3.74. The fourth-order valence-corrected chi connectivity index (χ4v) is 2.08. The Morgan fingerprint density at radius 1 is 1.39 bits per heavy atom. The van der Waals surface area contributed by atoms with Crippen LogP contribution in [0.2, 0.25) is 0 Å². The summed E-state index contributed by atoms with van der Waals surface area (Å²) in [6.45, 7) is 7.78. The van der Waals surface area contributed by atoms with Crippen LogP contribution in [0.25, 0.3) is 0 Å². The van der Waals surface area contributed by atoms with Gasteiger partial charge < -0.3 is 15.0 Å². The lowest BCUT2D eigenvalue weighted by Gasteiger charge is -2.36. The molecule has 1 aromatic rings.